The smallest absolute Gasteiger partial charge is 0.313 e. The number of carboxylic acids is 1. The highest BCUT2D eigenvalue weighted by molar-refractivity contribution is 5.81. The van der Waals surface area contributed by atoms with Crippen LogP contribution >= 0.6 is 0 Å². The number of aliphatic hydroxyl groups excluding tert-OH is 1. The summed E-state index contributed by atoms with van der Waals surface area (Å²) in [5.74, 6) is -0.278. The van der Waals surface area contributed by atoms with Crippen LogP contribution in [0, 0.1) is 51.2 Å². The average Bonchev–Trinajstić information content (AvgIpc) is 2.95. The molecular formula is C23H30O5. The van der Waals surface area contributed by atoms with Gasteiger partial charge in [-0.05, 0) is 68.1 Å². The summed E-state index contributed by atoms with van der Waals surface area (Å²) < 4.78 is 5.48. The molecule has 0 amide bonds. The maximum Gasteiger partial charge on any atom is 0.313 e. The minimum Gasteiger partial charge on any atom is -0.481 e. The van der Waals surface area contributed by atoms with E-state index >= 15 is 0 Å². The van der Waals surface area contributed by atoms with Crippen molar-refractivity contribution in [3.63, 3.8) is 0 Å². The maximum absolute atomic E-state index is 13.0. The number of ether oxygens (including phenoxy) is 1. The van der Waals surface area contributed by atoms with Gasteiger partial charge in [-0.15, -0.1) is 0 Å². The second-order valence-corrected chi connectivity index (χ2v) is 11.2. The first-order valence-electron chi connectivity index (χ1n) is 11.0. The Morgan fingerprint density at radius 1 is 1.21 bits per heavy atom. The van der Waals surface area contributed by atoms with E-state index < -0.39 is 23.1 Å². The number of carbonyl (C=O) groups is 2. The van der Waals surface area contributed by atoms with Crippen LogP contribution in [0.1, 0.15) is 59.3 Å². The molecule has 28 heavy (non-hydrogen) atoms. The van der Waals surface area contributed by atoms with Crippen LogP contribution in [0.2, 0.25) is 0 Å². The molecule has 5 fully saturated rings. The molecule has 0 aromatic carbocycles. The zero-order valence-electron chi connectivity index (χ0n) is 16.9. The fourth-order valence-electron chi connectivity index (χ4n) is 9.85. The summed E-state index contributed by atoms with van der Waals surface area (Å²) in [4.78, 5) is 25.3. The lowest BCUT2D eigenvalue weighted by atomic mass is 9.26. The summed E-state index contributed by atoms with van der Waals surface area (Å²) in [6, 6.07) is 0. The first-order valence-corrected chi connectivity index (χ1v) is 11.0. The van der Waals surface area contributed by atoms with Crippen LogP contribution in [0.4, 0.5) is 0 Å². The summed E-state index contributed by atoms with van der Waals surface area (Å²) in [6.07, 6.45) is 6.81. The molecular weight excluding hydrogens is 356 g/mol. The highest BCUT2D eigenvalue weighted by Crippen LogP contribution is 2.83. The Morgan fingerprint density at radius 2 is 1.96 bits per heavy atom. The second-order valence-electron chi connectivity index (χ2n) is 11.2. The minimum absolute atomic E-state index is 0.0789. The van der Waals surface area contributed by atoms with Gasteiger partial charge in [0.1, 0.15) is 0 Å². The Morgan fingerprint density at radius 3 is 2.68 bits per heavy atom. The predicted octanol–water partition coefficient (Wildman–Crippen LogP) is 3.37. The second kappa shape index (κ2) is 4.69. The van der Waals surface area contributed by atoms with Gasteiger partial charge in [0, 0.05) is 5.41 Å². The van der Waals surface area contributed by atoms with E-state index in [1.165, 1.54) is 5.57 Å². The van der Waals surface area contributed by atoms with Gasteiger partial charge in [-0.3, -0.25) is 9.59 Å². The molecule has 5 nitrogen and oxygen atoms in total. The van der Waals surface area contributed by atoms with Crippen LogP contribution in [0.15, 0.2) is 11.6 Å². The van der Waals surface area contributed by atoms with E-state index in [0.717, 1.165) is 38.5 Å². The summed E-state index contributed by atoms with van der Waals surface area (Å²) >= 11 is 0. The summed E-state index contributed by atoms with van der Waals surface area (Å²) in [7, 11) is 0. The number of allylic oxidation sites excluding steroid dienone is 2. The average molecular weight is 386 g/mol. The first kappa shape index (κ1) is 17.5. The van der Waals surface area contributed by atoms with Gasteiger partial charge in [-0.2, -0.15) is 0 Å². The highest BCUT2D eigenvalue weighted by Gasteiger charge is 2.83. The quantitative estimate of drug-likeness (QED) is 0.533. The third-order valence-corrected chi connectivity index (χ3v) is 10.9. The Labute approximate surface area is 165 Å². The molecule has 7 aliphatic rings. The summed E-state index contributed by atoms with van der Waals surface area (Å²) in [5, 5.41) is 20.8. The molecule has 0 radical (unpaired) electrons. The molecule has 0 aromatic rings. The van der Waals surface area contributed by atoms with Crippen LogP contribution in [0.5, 0.6) is 0 Å². The molecule has 10 unspecified atom stereocenters. The lowest BCUT2D eigenvalue weighted by Gasteiger charge is -2.76. The van der Waals surface area contributed by atoms with Gasteiger partial charge in [-0.25, -0.2) is 0 Å². The third-order valence-electron chi connectivity index (χ3n) is 10.9. The zero-order chi connectivity index (χ0) is 19.9. The molecule has 6 aliphatic carbocycles. The maximum atomic E-state index is 13.0. The van der Waals surface area contributed by atoms with E-state index in [4.69, 9.17) is 4.74 Å². The van der Waals surface area contributed by atoms with Crippen molar-refractivity contribution in [1.29, 1.82) is 0 Å². The van der Waals surface area contributed by atoms with Crippen LogP contribution in [0.25, 0.3) is 0 Å². The summed E-state index contributed by atoms with van der Waals surface area (Å²) in [5.41, 5.74) is -0.0330. The number of rotatable bonds is 1. The fourth-order valence-corrected chi connectivity index (χ4v) is 9.85. The number of aliphatic hydroxyl groups is 1. The van der Waals surface area contributed by atoms with E-state index in [9.17, 15) is 19.8 Å². The van der Waals surface area contributed by atoms with Gasteiger partial charge in [0.2, 0.25) is 6.29 Å². The molecule has 2 spiro atoms. The van der Waals surface area contributed by atoms with Crippen molar-refractivity contribution in [3.05, 3.63) is 11.6 Å². The molecule has 152 valence electrons. The van der Waals surface area contributed by atoms with Crippen molar-refractivity contribution in [2.75, 3.05) is 0 Å². The van der Waals surface area contributed by atoms with Crippen LogP contribution in [-0.2, 0) is 14.3 Å². The number of hydrogen-bond acceptors (Lipinski definition) is 4. The lowest BCUT2D eigenvalue weighted by Crippen LogP contribution is -2.74. The van der Waals surface area contributed by atoms with Crippen molar-refractivity contribution in [2.24, 2.45) is 51.2 Å². The number of cyclic esters (lactones) is 1. The van der Waals surface area contributed by atoms with Gasteiger partial charge in [0.05, 0.1) is 16.7 Å². The van der Waals surface area contributed by atoms with Crippen LogP contribution < -0.4 is 0 Å². The number of hydrogen-bond donors (Lipinski definition) is 2. The molecule has 1 aliphatic heterocycles. The molecule has 5 heteroatoms. The van der Waals surface area contributed by atoms with E-state index in [1.807, 2.05) is 6.92 Å². The molecule has 1 heterocycles. The largest absolute Gasteiger partial charge is 0.481 e. The van der Waals surface area contributed by atoms with Gasteiger partial charge in [0.25, 0.3) is 0 Å². The SMILES string of the molecule is CC1C2=CC34CCC5C(C)(C(=O)O)CCCC5(C)C3CC2C12C(O)OC(=O)C42. The number of aliphatic carboxylic acids is 1. The minimum atomic E-state index is -0.985. The standard InChI is InChI=1S/C23H30O5/c1-11-12-10-22-8-5-14-20(2,6-4-7-21(14,3)18(25)26)15(22)9-13(12)23(11)16(22)17(24)28-19(23)27/h10-11,13-16,19,27H,4-9H2,1-3H3,(H,25,26). The van der Waals surface area contributed by atoms with Gasteiger partial charge in [-0.1, -0.05) is 31.9 Å². The van der Waals surface area contributed by atoms with Crippen molar-refractivity contribution in [3.8, 4) is 0 Å². The van der Waals surface area contributed by atoms with Crippen molar-refractivity contribution >= 4 is 11.9 Å². The molecule has 4 bridgehead atoms. The predicted molar refractivity (Wildman–Crippen MR) is 99.7 cm³/mol. The normalized spacial score (nSPS) is 60.7. The Kier molecular flexibility index (Phi) is 2.93. The Balaban J connectivity index is 1.51. The number of esters is 1. The Hall–Kier alpha value is -1.36. The van der Waals surface area contributed by atoms with E-state index in [-0.39, 0.29) is 40.5 Å². The monoisotopic (exact) mass is 386 g/mol. The molecule has 0 aromatic heterocycles. The lowest BCUT2D eigenvalue weighted by molar-refractivity contribution is -0.261. The zero-order valence-corrected chi connectivity index (χ0v) is 16.9. The molecule has 1 saturated heterocycles. The van der Waals surface area contributed by atoms with Crippen molar-refractivity contribution in [1.82, 2.24) is 0 Å². The van der Waals surface area contributed by atoms with E-state index in [1.54, 1.807) is 0 Å². The van der Waals surface area contributed by atoms with Gasteiger partial charge < -0.3 is 14.9 Å². The molecule has 10 atom stereocenters. The van der Waals surface area contributed by atoms with E-state index in [2.05, 4.69) is 19.9 Å². The van der Waals surface area contributed by atoms with Crippen molar-refractivity contribution in [2.45, 2.75) is 65.6 Å². The number of carbonyl (C=O) groups excluding carboxylic acids is 1. The fraction of sp³-hybridized carbons (Fsp3) is 0.826. The van der Waals surface area contributed by atoms with E-state index in [0.29, 0.717) is 5.92 Å². The topological polar surface area (TPSA) is 83.8 Å². The number of fused-ring (bicyclic) bond motifs is 1. The third kappa shape index (κ3) is 1.44. The van der Waals surface area contributed by atoms with Crippen LogP contribution in [-0.4, -0.2) is 28.4 Å². The number of carboxylic acid groups (broad SMARTS) is 1. The Bertz CT molecular complexity index is 848. The highest BCUT2D eigenvalue weighted by atomic mass is 16.6. The van der Waals surface area contributed by atoms with Gasteiger partial charge >= 0.3 is 11.9 Å². The van der Waals surface area contributed by atoms with Gasteiger partial charge in [0.15, 0.2) is 0 Å². The molecule has 4 saturated carbocycles. The van der Waals surface area contributed by atoms with Crippen LogP contribution in [0.3, 0.4) is 0 Å². The molecule has 2 N–H and O–H groups in total. The summed E-state index contributed by atoms with van der Waals surface area (Å²) in [6.45, 7) is 6.40. The molecule has 7 rings (SSSR count). The van der Waals surface area contributed by atoms with Crippen molar-refractivity contribution < 1.29 is 24.5 Å². The first-order chi connectivity index (χ1) is 13.1.